The number of hydrogen-bond donors (Lipinski definition) is 1. The average molecular weight is 180 g/mol. The van der Waals surface area contributed by atoms with Crippen molar-refractivity contribution in [1.29, 1.82) is 0 Å². The lowest BCUT2D eigenvalue weighted by atomic mass is 10.2. The van der Waals surface area contributed by atoms with E-state index >= 15 is 0 Å². The number of anilines is 1. The Morgan fingerprint density at radius 1 is 1.62 bits per heavy atom. The minimum absolute atomic E-state index is 0.204. The predicted octanol–water partition coefficient (Wildman–Crippen LogP) is 2.15. The van der Waals surface area contributed by atoms with Crippen LogP contribution in [-0.2, 0) is 0 Å². The molecule has 1 rings (SSSR count). The second kappa shape index (κ2) is 4.12. The molecule has 0 saturated carbocycles. The fourth-order valence-electron chi connectivity index (χ4n) is 0.981. The molecule has 0 aliphatic heterocycles. The molecule has 72 valence electrons. The molecule has 0 amide bonds. The highest BCUT2D eigenvalue weighted by atomic mass is 16.5. The largest absolute Gasteiger partial charge is 0.474 e. The lowest BCUT2D eigenvalue weighted by molar-refractivity contribution is 0.207. The smallest absolute Gasteiger partial charge is 0.216 e. The van der Waals surface area contributed by atoms with Gasteiger partial charge in [0.25, 0.3) is 0 Å². The van der Waals surface area contributed by atoms with Crippen molar-refractivity contribution in [2.75, 3.05) is 5.73 Å². The molecule has 1 aromatic heterocycles. The minimum atomic E-state index is 0.204. The second-order valence-electron chi connectivity index (χ2n) is 3.23. The van der Waals surface area contributed by atoms with Crippen molar-refractivity contribution in [3.05, 3.63) is 17.8 Å². The molecule has 1 heterocycles. The standard InChI is InChI=1S/C10H16N2O/c1-4-8(3)13-10-7(2)5-9(11)6-12-10/h5-6,8H,4,11H2,1-3H3/t8-/m1/s1. The molecule has 0 radical (unpaired) electrons. The van der Waals surface area contributed by atoms with E-state index in [2.05, 4.69) is 11.9 Å². The van der Waals surface area contributed by atoms with Crippen LogP contribution in [0.4, 0.5) is 5.69 Å². The Balaban J connectivity index is 2.77. The zero-order valence-electron chi connectivity index (χ0n) is 8.37. The first-order valence-electron chi connectivity index (χ1n) is 4.52. The van der Waals surface area contributed by atoms with Gasteiger partial charge in [0, 0.05) is 5.56 Å². The maximum atomic E-state index is 5.58. The minimum Gasteiger partial charge on any atom is -0.474 e. The first-order valence-corrected chi connectivity index (χ1v) is 4.52. The molecule has 0 spiro atoms. The SMILES string of the molecule is CC[C@@H](C)Oc1ncc(N)cc1C. The molecule has 2 N–H and O–H groups in total. The van der Waals surface area contributed by atoms with Gasteiger partial charge in [-0.1, -0.05) is 6.92 Å². The Morgan fingerprint density at radius 2 is 2.31 bits per heavy atom. The number of ether oxygens (including phenoxy) is 1. The lowest BCUT2D eigenvalue weighted by Gasteiger charge is -2.13. The fraction of sp³-hybridized carbons (Fsp3) is 0.500. The van der Waals surface area contributed by atoms with Crippen LogP contribution in [0.3, 0.4) is 0 Å². The van der Waals surface area contributed by atoms with Gasteiger partial charge in [-0.05, 0) is 26.3 Å². The highest BCUT2D eigenvalue weighted by Crippen LogP contribution is 2.18. The van der Waals surface area contributed by atoms with Crippen LogP contribution in [-0.4, -0.2) is 11.1 Å². The van der Waals surface area contributed by atoms with Crippen LogP contribution < -0.4 is 10.5 Å². The van der Waals surface area contributed by atoms with E-state index in [9.17, 15) is 0 Å². The zero-order chi connectivity index (χ0) is 9.84. The number of pyridine rings is 1. The number of nitrogen functional groups attached to an aromatic ring is 1. The number of aromatic nitrogens is 1. The van der Waals surface area contributed by atoms with Gasteiger partial charge >= 0.3 is 0 Å². The third-order valence-corrected chi connectivity index (χ3v) is 1.94. The fourth-order valence-corrected chi connectivity index (χ4v) is 0.981. The van der Waals surface area contributed by atoms with Crippen LogP contribution in [0.5, 0.6) is 5.88 Å². The summed E-state index contributed by atoms with van der Waals surface area (Å²) in [6.45, 7) is 6.05. The Morgan fingerprint density at radius 3 is 2.85 bits per heavy atom. The first kappa shape index (κ1) is 9.84. The Labute approximate surface area is 78.9 Å². The maximum absolute atomic E-state index is 5.58. The summed E-state index contributed by atoms with van der Waals surface area (Å²) in [4.78, 5) is 4.12. The summed E-state index contributed by atoms with van der Waals surface area (Å²) in [6.07, 6.45) is 2.80. The molecule has 3 nitrogen and oxygen atoms in total. The van der Waals surface area contributed by atoms with Gasteiger partial charge in [-0.25, -0.2) is 4.98 Å². The lowest BCUT2D eigenvalue weighted by Crippen LogP contribution is -2.11. The van der Waals surface area contributed by atoms with E-state index in [4.69, 9.17) is 10.5 Å². The molecule has 1 atom stereocenters. The summed E-state index contributed by atoms with van der Waals surface area (Å²) in [5, 5.41) is 0. The number of nitrogens with two attached hydrogens (primary N) is 1. The summed E-state index contributed by atoms with van der Waals surface area (Å²) in [5.74, 6) is 0.684. The van der Waals surface area contributed by atoms with Crippen LogP contribution >= 0.6 is 0 Å². The van der Waals surface area contributed by atoms with Crippen molar-refractivity contribution in [2.45, 2.75) is 33.3 Å². The molecular formula is C10H16N2O. The van der Waals surface area contributed by atoms with Crippen molar-refractivity contribution in [1.82, 2.24) is 4.98 Å². The van der Waals surface area contributed by atoms with Crippen LogP contribution in [0.25, 0.3) is 0 Å². The molecule has 3 heteroatoms. The highest BCUT2D eigenvalue weighted by Gasteiger charge is 2.05. The number of hydrogen-bond acceptors (Lipinski definition) is 3. The molecule has 0 aliphatic carbocycles. The molecule has 0 unspecified atom stereocenters. The zero-order valence-corrected chi connectivity index (χ0v) is 8.37. The van der Waals surface area contributed by atoms with E-state index in [0.717, 1.165) is 12.0 Å². The Kier molecular flexibility index (Phi) is 3.12. The van der Waals surface area contributed by atoms with Crippen LogP contribution in [0.15, 0.2) is 12.3 Å². The Hall–Kier alpha value is -1.25. The van der Waals surface area contributed by atoms with Crippen molar-refractivity contribution in [3.63, 3.8) is 0 Å². The molecule has 13 heavy (non-hydrogen) atoms. The van der Waals surface area contributed by atoms with Gasteiger partial charge in [0.05, 0.1) is 18.0 Å². The summed E-state index contributed by atoms with van der Waals surface area (Å²) in [7, 11) is 0. The van der Waals surface area contributed by atoms with Gasteiger partial charge in [-0.3, -0.25) is 0 Å². The van der Waals surface area contributed by atoms with Gasteiger partial charge in [-0.15, -0.1) is 0 Å². The highest BCUT2D eigenvalue weighted by molar-refractivity contribution is 5.41. The summed E-state index contributed by atoms with van der Waals surface area (Å²) >= 11 is 0. The average Bonchev–Trinajstić information content (AvgIpc) is 2.09. The van der Waals surface area contributed by atoms with E-state index in [1.807, 2.05) is 19.9 Å². The molecule has 0 aliphatic rings. The van der Waals surface area contributed by atoms with Gasteiger partial charge in [0.15, 0.2) is 0 Å². The van der Waals surface area contributed by atoms with Gasteiger partial charge in [0.2, 0.25) is 5.88 Å². The molecule has 0 saturated heterocycles. The molecule has 0 bridgehead atoms. The summed E-state index contributed by atoms with van der Waals surface area (Å²) in [6, 6.07) is 1.87. The van der Waals surface area contributed by atoms with Crippen molar-refractivity contribution in [3.8, 4) is 5.88 Å². The number of rotatable bonds is 3. The maximum Gasteiger partial charge on any atom is 0.216 e. The summed E-state index contributed by atoms with van der Waals surface area (Å²) < 4.78 is 5.58. The number of aryl methyl sites for hydroxylation is 1. The van der Waals surface area contributed by atoms with E-state index in [0.29, 0.717) is 11.6 Å². The van der Waals surface area contributed by atoms with E-state index in [1.54, 1.807) is 6.20 Å². The van der Waals surface area contributed by atoms with E-state index in [-0.39, 0.29) is 6.10 Å². The first-order chi connectivity index (χ1) is 6.13. The topological polar surface area (TPSA) is 48.1 Å². The number of nitrogens with zero attached hydrogens (tertiary/aromatic N) is 1. The van der Waals surface area contributed by atoms with Crippen LogP contribution in [0, 0.1) is 6.92 Å². The van der Waals surface area contributed by atoms with Crippen LogP contribution in [0.1, 0.15) is 25.8 Å². The molecule has 1 aromatic rings. The monoisotopic (exact) mass is 180 g/mol. The van der Waals surface area contributed by atoms with Gasteiger partial charge < -0.3 is 10.5 Å². The van der Waals surface area contributed by atoms with Gasteiger partial charge in [-0.2, -0.15) is 0 Å². The van der Waals surface area contributed by atoms with E-state index in [1.165, 1.54) is 0 Å². The second-order valence-corrected chi connectivity index (χ2v) is 3.23. The predicted molar refractivity (Wildman–Crippen MR) is 53.8 cm³/mol. The van der Waals surface area contributed by atoms with Crippen LogP contribution in [0.2, 0.25) is 0 Å². The quantitative estimate of drug-likeness (QED) is 0.775. The Bertz CT molecular complexity index is 286. The van der Waals surface area contributed by atoms with Crippen molar-refractivity contribution in [2.24, 2.45) is 0 Å². The third kappa shape index (κ3) is 2.61. The molecular weight excluding hydrogens is 164 g/mol. The molecule has 0 fully saturated rings. The normalized spacial score (nSPS) is 12.5. The van der Waals surface area contributed by atoms with Crippen molar-refractivity contribution < 1.29 is 4.74 Å². The van der Waals surface area contributed by atoms with Crippen molar-refractivity contribution >= 4 is 5.69 Å². The van der Waals surface area contributed by atoms with Gasteiger partial charge in [0.1, 0.15) is 0 Å². The van der Waals surface area contributed by atoms with E-state index < -0.39 is 0 Å². The molecule has 0 aromatic carbocycles. The third-order valence-electron chi connectivity index (χ3n) is 1.94. The summed E-state index contributed by atoms with van der Waals surface area (Å²) in [5.41, 5.74) is 7.23.